The monoisotopic (exact) mass is 404 g/mol. The smallest absolute Gasteiger partial charge is 0.196 e. The number of nitrogens with zero attached hydrogens (tertiary/aromatic N) is 3. The zero-order valence-electron chi connectivity index (χ0n) is 16.7. The van der Waals surface area contributed by atoms with Crippen LogP contribution in [0.4, 0.5) is 5.82 Å². The van der Waals surface area contributed by atoms with Crippen LogP contribution in [-0.4, -0.2) is 54.3 Å². The Labute approximate surface area is 174 Å². The molecule has 7 heteroatoms. The van der Waals surface area contributed by atoms with E-state index in [4.69, 9.17) is 13.9 Å². The lowest BCUT2D eigenvalue weighted by atomic mass is 10.2. The number of rotatable bonds is 7. The van der Waals surface area contributed by atoms with Gasteiger partial charge in [-0.1, -0.05) is 30.3 Å². The van der Waals surface area contributed by atoms with Gasteiger partial charge >= 0.3 is 0 Å². The van der Waals surface area contributed by atoms with Gasteiger partial charge in [0.05, 0.1) is 13.2 Å². The lowest BCUT2D eigenvalue weighted by Crippen LogP contribution is -2.38. The number of morpholine rings is 1. The lowest BCUT2D eigenvalue weighted by Gasteiger charge is -2.26. The number of nitrogens with one attached hydrogen (secondary N) is 1. The van der Waals surface area contributed by atoms with Gasteiger partial charge in [-0.15, -0.1) is 0 Å². The van der Waals surface area contributed by atoms with Gasteiger partial charge in [0.1, 0.15) is 29.8 Å². The zero-order valence-corrected chi connectivity index (χ0v) is 16.7. The number of furan rings is 1. The standard InChI is InChI=1S/C23H24N4O3/c1-3-7-19(29-14-11-27-9-12-28-13-10-27)17(5-1)15-24-23-22-21(25-16-26-23)18-6-2-4-8-20(18)30-22/h1-8,16H,9-15H2,(H,24,25,26). The minimum Gasteiger partial charge on any atom is -0.492 e. The molecule has 0 unspecified atom stereocenters. The molecule has 0 aliphatic carbocycles. The average Bonchev–Trinajstić information content (AvgIpc) is 3.19. The van der Waals surface area contributed by atoms with Crippen molar-refractivity contribution in [3.63, 3.8) is 0 Å². The number of fused-ring (bicyclic) bond motifs is 3. The first-order valence-corrected chi connectivity index (χ1v) is 10.3. The summed E-state index contributed by atoms with van der Waals surface area (Å²) in [6, 6.07) is 16.0. The van der Waals surface area contributed by atoms with Gasteiger partial charge in [-0.3, -0.25) is 4.90 Å². The van der Waals surface area contributed by atoms with Crippen molar-refractivity contribution >= 4 is 27.9 Å². The highest BCUT2D eigenvalue weighted by Crippen LogP contribution is 2.30. The quantitative estimate of drug-likeness (QED) is 0.503. The van der Waals surface area contributed by atoms with E-state index < -0.39 is 0 Å². The van der Waals surface area contributed by atoms with Gasteiger partial charge in [-0.25, -0.2) is 9.97 Å². The zero-order chi connectivity index (χ0) is 20.2. The van der Waals surface area contributed by atoms with Gasteiger partial charge in [0.15, 0.2) is 11.4 Å². The normalized spacial score (nSPS) is 14.9. The molecule has 0 radical (unpaired) electrons. The first kappa shape index (κ1) is 18.8. The molecule has 154 valence electrons. The van der Waals surface area contributed by atoms with Crippen LogP contribution >= 0.6 is 0 Å². The topological polar surface area (TPSA) is 72.7 Å². The molecule has 5 rings (SSSR count). The van der Waals surface area contributed by atoms with Crippen LogP contribution in [-0.2, 0) is 11.3 Å². The molecule has 1 aliphatic heterocycles. The Balaban J connectivity index is 1.28. The summed E-state index contributed by atoms with van der Waals surface area (Å²) in [6.07, 6.45) is 1.57. The maximum Gasteiger partial charge on any atom is 0.196 e. The molecular weight excluding hydrogens is 380 g/mol. The predicted octanol–water partition coefficient (Wildman–Crippen LogP) is 3.70. The Morgan fingerprint density at radius 1 is 1.00 bits per heavy atom. The molecule has 0 amide bonds. The van der Waals surface area contributed by atoms with Gasteiger partial charge in [-0.05, 0) is 18.2 Å². The molecule has 2 aromatic heterocycles. The highest BCUT2D eigenvalue weighted by molar-refractivity contribution is 6.05. The molecule has 0 saturated carbocycles. The number of benzene rings is 2. The van der Waals surface area contributed by atoms with E-state index in [2.05, 4.69) is 26.3 Å². The molecule has 7 nitrogen and oxygen atoms in total. The van der Waals surface area contributed by atoms with E-state index in [-0.39, 0.29) is 0 Å². The third-order valence-corrected chi connectivity index (χ3v) is 5.35. The molecule has 4 aromatic rings. The largest absolute Gasteiger partial charge is 0.492 e. The summed E-state index contributed by atoms with van der Waals surface area (Å²) >= 11 is 0. The van der Waals surface area contributed by atoms with E-state index in [9.17, 15) is 0 Å². The Kier molecular flexibility index (Phi) is 5.46. The minimum atomic E-state index is 0.580. The minimum absolute atomic E-state index is 0.580. The van der Waals surface area contributed by atoms with Crippen LogP contribution in [0.5, 0.6) is 5.75 Å². The highest BCUT2D eigenvalue weighted by Gasteiger charge is 2.14. The summed E-state index contributed by atoms with van der Waals surface area (Å²) in [5.74, 6) is 1.56. The number of para-hydroxylation sites is 2. The summed E-state index contributed by atoms with van der Waals surface area (Å²) in [6.45, 7) is 5.67. The van der Waals surface area contributed by atoms with E-state index in [0.29, 0.717) is 24.6 Å². The van der Waals surface area contributed by atoms with E-state index in [1.54, 1.807) is 6.33 Å². The van der Waals surface area contributed by atoms with Gasteiger partial charge < -0.3 is 19.2 Å². The molecule has 1 fully saturated rings. The van der Waals surface area contributed by atoms with Crippen molar-refractivity contribution in [2.45, 2.75) is 6.54 Å². The molecule has 1 aliphatic rings. The second-order valence-electron chi connectivity index (χ2n) is 7.26. The fourth-order valence-electron chi connectivity index (χ4n) is 3.73. The molecule has 1 N–H and O–H groups in total. The molecule has 1 saturated heterocycles. The number of aromatic nitrogens is 2. The predicted molar refractivity (Wildman–Crippen MR) is 116 cm³/mol. The highest BCUT2D eigenvalue weighted by atomic mass is 16.5. The molecular formula is C23H24N4O3. The molecule has 30 heavy (non-hydrogen) atoms. The van der Waals surface area contributed by atoms with Crippen molar-refractivity contribution in [2.24, 2.45) is 0 Å². The Morgan fingerprint density at radius 3 is 2.77 bits per heavy atom. The van der Waals surface area contributed by atoms with Gasteiger partial charge in [-0.2, -0.15) is 0 Å². The third kappa shape index (κ3) is 3.94. The number of hydrogen-bond acceptors (Lipinski definition) is 7. The first-order valence-electron chi connectivity index (χ1n) is 10.3. The molecule has 3 heterocycles. The lowest BCUT2D eigenvalue weighted by molar-refractivity contribution is 0.0322. The van der Waals surface area contributed by atoms with E-state index in [0.717, 1.165) is 60.6 Å². The second kappa shape index (κ2) is 8.69. The summed E-state index contributed by atoms with van der Waals surface area (Å²) in [4.78, 5) is 11.2. The molecule has 0 bridgehead atoms. The van der Waals surface area contributed by atoms with E-state index in [1.165, 1.54) is 0 Å². The van der Waals surface area contributed by atoms with Crippen molar-refractivity contribution in [2.75, 3.05) is 44.8 Å². The fourth-order valence-corrected chi connectivity index (χ4v) is 3.73. The van der Waals surface area contributed by atoms with Crippen LogP contribution in [0.3, 0.4) is 0 Å². The second-order valence-corrected chi connectivity index (χ2v) is 7.26. The van der Waals surface area contributed by atoms with Crippen LogP contribution in [0, 0.1) is 0 Å². The maximum atomic E-state index is 6.09. The van der Waals surface area contributed by atoms with Crippen LogP contribution < -0.4 is 10.1 Å². The van der Waals surface area contributed by atoms with E-state index >= 15 is 0 Å². The van der Waals surface area contributed by atoms with Crippen LogP contribution in [0.15, 0.2) is 59.3 Å². The number of anilines is 1. The average molecular weight is 404 g/mol. The van der Waals surface area contributed by atoms with Crippen molar-refractivity contribution < 1.29 is 13.9 Å². The number of ether oxygens (including phenoxy) is 2. The van der Waals surface area contributed by atoms with Gasteiger partial charge in [0.2, 0.25) is 0 Å². The van der Waals surface area contributed by atoms with Crippen molar-refractivity contribution in [3.8, 4) is 5.75 Å². The Bertz CT molecular complexity index is 1140. The van der Waals surface area contributed by atoms with Gasteiger partial charge in [0.25, 0.3) is 0 Å². The summed E-state index contributed by atoms with van der Waals surface area (Å²) in [7, 11) is 0. The van der Waals surface area contributed by atoms with E-state index in [1.807, 2.05) is 42.5 Å². The van der Waals surface area contributed by atoms with Crippen LogP contribution in [0.1, 0.15) is 5.56 Å². The molecule has 2 aromatic carbocycles. The molecule has 0 atom stereocenters. The first-order chi connectivity index (χ1) is 14.9. The Morgan fingerprint density at radius 2 is 1.83 bits per heavy atom. The van der Waals surface area contributed by atoms with Crippen molar-refractivity contribution in [1.29, 1.82) is 0 Å². The number of hydrogen-bond donors (Lipinski definition) is 1. The summed E-state index contributed by atoms with van der Waals surface area (Å²) in [5, 5.41) is 4.38. The van der Waals surface area contributed by atoms with Gasteiger partial charge in [0, 0.05) is 37.1 Å². The van der Waals surface area contributed by atoms with Crippen molar-refractivity contribution in [3.05, 3.63) is 60.4 Å². The SMILES string of the molecule is c1ccc(OCCN2CCOCC2)c(CNc2ncnc3c2oc2ccccc23)c1. The van der Waals surface area contributed by atoms with Crippen LogP contribution in [0.25, 0.3) is 22.1 Å². The Hall–Kier alpha value is -3.16. The maximum absolute atomic E-state index is 6.09. The third-order valence-electron chi connectivity index (χ3n) is 5.35. The summed E-state index contributed by atoms with van der Waals surface area (Å²) in [5.41, 5.74) is 3.37. The van der Waals surface area contributed by atoms with Crippen LogP contribution in [0.2, 0.25) is 0 Å². The van der Waals surface area contributed by atoms with Crippen molar-refractivity contribution in [1.82, 2.24) is 14.9 Å². The summed E-state index contributed by atoms with van der Waals surface area (Å²) < 4.78 is 17.5. The molecule has 0 spiro atoms. The fraction of sp³-hybridized carbons (Fsp3) is 0.304.